The summed E-state index contributed by atoms with van der Waals surface area (Å²) in [5.41, 5.74) is 1.03. The van der Waals surface area contributed by atoms with Crippen LogP contribution in [0.3, 0.4) is 0 Å². The van der Waals surface area contributed by atoms with Crippen molar-refractivity contribution in [3.63, 3.8) is 0 Å². The zero-order valence-electron chi connectivity index (χ0n) is 14.0. The molecule has 0 aromatic heterocycles. The highest BCUT2D eigenvalue weighted by Crippen LogP contribution is 2.55. The van der Waals surface area contributed by atoms with E-state index in [1.807, 2.05) is 12.1 Å². The number of hydrogen-bond donors (Lipinski definition) is 0. The fraction of sp³-hybridized carbons (Fsp3) is 0.625. The Kier molecular flexibility index (Phi) is 8.30. The Morgan fingerprint density at radius 3 is 2.32 bits per heavy atom. The van der Waals surface area contributed by atoms with Crippen molar-refractivity contribution in [1.82, 2.24) is 0 Å². The maximum Gasteiger partial charge on any atom is 0.188 e. The van der Waals surface area contributed by atoms with Crippen LogP contribution in [0.1, 0.15) is 38.7 Å². The molecule has 2 unspecified atom stereocenters. The van der Waals surface area contributed by atoms with E-state index >= 15 is 0 Å². The molecule has 6 heteroatoms. The van der Waals surface area contributed by atoms with Crippen LogP contribution < -0.4 is 14.2 Å². The van der Waals surface area contributed by atoms with E-state index < -0.39 is 0 Å². The largest absolute Gasteiger partial charge is 0.497 e. The molecule has 0 spiro atoms. The maximum absolute atomic E-state index is 6.39. The standard InChI is InChI=1S/C16H26ClO4P/c1-6-8-16(7-2,22-17)13-9-12(19-4)10-14(20-5)15(13)21-11-18-3/h9-10,22H,6-8,11H2,1-5H3. The molecular weight excluding hydrogens is 323 g/mol. The van der Waals surface area contributed by atoms with Gasteiger partial charge in [-0.25, -0.2) is 0 Å². The third kappa shape index (κ3) is 4.18. The lowest BCUT2D eigenvalue weighted by molar-refractivity contribution is 0.0478. The molecule has 4 nitrogen and oxygen atoms in total. The molecular formula is C16H26ClO4P. The molecule has 2 atom stereocenters. The monoisotopic (exact) mass is 348 g/mol. The lowest BCUT2D eigenvalue weighted by atomic mass is 9.89. The number of methoxy groups -OCH3 is 3. The van der Waals surface area contributed by atoms with Crippen molar-refractivity contribution in [1.29, 1.82) is 0 Å². The van der Waals surface area contributed by atoms with Gasteiger partial charge in [-0.15, -0.1) is 0 Å². The molecule has 1 rings (SSSR count). The molecule has 0 bridgehead atoms. The van der Waals surface area contributed by atoms with E-state index in [2.05, 4.69) is 13.8 Å². The molecule has 1 aromatic rings. The summed E-state index contributed by atoms with van der Waals surface area (Å²) in [7, 11) is 5.10. The fourth-order valence-corrected chi connectivity index (χ4v) is 4.32. The third-order valence-corrected chi connectivity index (χ3v) is 6.10. The van der Waals surface area contributed by atoms with E-state index in [-0.39, 0.29) is 19.9 Å². The van der Waals surface area contributed by atoms with Crippen molar-refractivity contribution >= 4 is 19.2 Å². The molecule has 0 aliphatic carbocycles. The Bertz CT molecular complexity index is 464. The van der Waals surface area contributed by atoms with Gasteiger partial charge in [-0.3, -0.25) is 0 Å². The van der Waals surface area contributed by atoms with Crippen molar-refractivity contribution in [3.05, 3.63) is 17.7 Å². The molecule has 0 saturated carbocycles. The van der Waals surface area contributed by atoms with Crippen molar-refractivity contribution < 1.29 is 18.9 Å². The summed E-state index contributed by atoms with van der Waals surface area (Å²) in [6.07, 6.45) is 2.93. The molecule has 0 fully saturated rings. The van der Waals surface area contributed by atoms with Gasteiger partial charge in [0.1, 0.15) is 5.75 Å². The zero-order valence-corrected chi connectivity index (χ0v) is 15.8. The minimum absolute atomic E-state index is 0.152. The van der Waals surface area contributed by atoms with Gasteiger partial charge < -0.3 is 18.9 Å². The Morgan fingerprint density at radius 1 is 1.14 bits per heavy atom. The van der Waals surface area contributed by atoms with E-state index in [9.17, 15) is 0 Å². The molecule has 0 aliphatic heterocycles. The van der Waals surface area contributed by atoms with Crippen LogP contribution >= 0.6 is 19.2 Å². The average molecular weight is 349 g/mol. The number of rotatable bonds is 10. The quantitative estimate of drug-likeness (QED) is 0.444. The first-order valence-electron chi connectivity index (χ1n) is 7.38. The molecule has 0 saturated heterocycles. The first kappa shape index (κ1) is 19.3. The number of benzene rings is 1. The Labute approximate surface area is 140 Å². The molecule has 0 heterocycles. The average Bonchev–Trinajstić information content (AvgIpc) is 2.57. The number of halogens is 1. The molecule has 0 N–H and O–H groups in total. The topological polar surface area (TPSA) is 36.9 Å². The van der Waals surface area contributed by atoms with Gasteiger partial charge in [0.25, 0.3) is 0 Å². The van der Waals surface area contributed by atoms with Crippen molar-refractivity contribution in [2.75, 3.05) is 28.1 Å². The summed E-state index contributed by atoms with van der Waals surface area (Å²) in [5, 5.41) is -0.152. The second-order valence-electron chi connectivity index (χ2n) is 5.04. The van der Waals surface area contributed by atoms with Crippen LogP contribution in [-0.2, 0) is 9.89 Å². The van der Waals surface area contributed by atoms with Gasteiger partial charge in [0.2, 0.25) is 0 Å². The predicted octanol–water partition coefficient (Wildman–Crippen LogP) is 4.92. The normalized spacial score (nSPS) is 14.1. The van der Waals surface area contributed by atoms with E-state index in [1.54, 1.807) is 21.3 Å². The van der Waals surface area contributed by atoms with E-state index in [0.717, 1.165) is 30.6 Å². The number of ether oxygens (including phenoxy) is 4. The molecule has 22 heavy (non-hydrogen) atoms. The second-order valence-corrected chi connectivity index (χ2v) is 6.75. The molecule has 0 amide bonds. The van der Waals surface area contributed by atoms with Gasteiger partial charge in [0, 0.05) is 23.9 Å². The lowest BCUT2D eigenvalue weighted by Gasteiger charge is -2.33. The molecule has 126 valence electrons. The molecule has 0 aliphatic rings. The van der Waals surface area contributed by atoms with Gasteiger partial charge in [-0.1, -0.05) is 31.5 Å². The summed E-state index contributed by atoms with van der Waals surface area (Å²) in [6.45, 7) is 4.47. The van der Waals surface area contributed by atoms with Crippen LogP contribution in [0.25, 0.3) is 0 Å². The molecule has 0 radical (unpaired) electrons. The smallest absolute Gasteiger partial charge is 0.188 e. The Balaban J connectivity index is 3.50. The SMILES string of the molecule is CCCC(CC)(PCl)c1cc(OC)cc(OC)c1OCOC. The molecule has 1 aromatic carbocycles. The minimum atomic E-state index is -0.152. The van der Waals surface area contributed by atoms with Crippen LogP contribution in [0.4, 0.5) is 0 Å². The highest BCUT2D eigenvalue weighted by molar-refractivity contribution is 7.69. The van der Waals surface area contributed by atoms with Gasteiger partial charge in [-0.05, 0) is 26.8 Å². The third-order valence-electron chi connectivity index (χ3n) is 3.78. The lowest BCUT2D eigenvalue weighted by Crippen LogP contribution is -2.20. The van der Waals surface area contributed by atoms with E-state index in [0.29, 0.717) is 11.5 Å². The highest BCUT2D eigenvalue weighted by Gasteiger charge is 2.34. The van der Waals surface area contributed by atoms with Gasteiger partial charge in [0.05, 0.1) is 14.2 Å². The van der Waals surface area contributed by atoms with Crippen LogP contribution in [0, 0.1) is 0 Å². The Hall–Kier alpha value is -0.700. The summed E-state index contributed by atoms with van der Waals surface area (Å²) < 4.78 is 21.8. The minimum Gasteiger partial charge on any atom is -0.497 e. The van der Waals surface area contributed by atoms with Crippen LogP contribution in [0.5, 0.6) is 17.2 Å². The van der Waals surface area contributed by atoms with E-state index in [4.69, 9.17) is 30.2 Å². The van der Waals surface area contributed by atoms with Gasteiger partial charge in [0.15, 0.2) is 18.3 Å². The first-order chi connectivity index (χ1) is 10.6. The van der Waals surface area contributed by atoms with E-state index in [1.165, 1.54) is 0 Å². The van der Waals surface area contributed by atoms with Crippen molar-refractivity contribution in [2.45, 2.75) is 38.3 Å². The Morgan fingerprint density at radius 2 is 1.86 bits per heavy atom. The van der Waals surface area contributed by atoms with Crippen LogP contribution in [0.15, 0.2) is 12.1 Å². The maximum atomic E-state index is 6.39. The van der Waals surface area contributed by atoms with Crippen molar-refractivity contribution in [3.8, 4) is 17.2 Å². The number of hydrogen-bond acceptors (Lipinski definition) is 4. The first-order valence-corrected chi connectivity index (χ1v) is 9.39. The summed E-state index contributed by atoms with van der Waals surface area (Å²) >= 11 is 6.39. The summed E-state index contributed by atoms with van der Waals surface area (Å²) in [6, 6.07) is 3.82. The second kappa shape index (κ2) is 9.44. The van der Waals surface area contributed by atoms with Gasteiger partial charge >= 0.3 is 0 Å². The van der Waals surface area contributed by atoms with Crippen LogP contribution in [-0.4, -0.2) is 28.1 Å². The highest BCUT2D eigenvalue weighted by atomic mass is 35.7. The van der Waals surface area contributed by atoms with Crippen molar-refractivity contribution in [2.24, 2.45) is 0 Å². The fourth-order valence-electron chi connectivity index (χ4n) is 2.56. The predicted molar refractivity (Wildman–Crippen MR) is 93.1 cm³/mol. The van der Waals surface area contributed by atoms with Gasteiger partial charge in [-0.2, -0.15) is 0 Å². The summed E-state index contributed by atoms with van der Waals surface area (Å²) in [4.78, 5) is 0. The summed E-state index contributed by atoms with van der Waals surface area (Å²) in [5.74, 6) is 2.06. The zero-order chi connectivity index (χ0) is 16.6. The van der Waals surface area contributed by atoms with Crippen LogP contribution in [0.2, 0.25) is 0 Å².